The van der Waals surface area contributed by atoms with Crippen LogP contribution in [0.5, 0.6) is 0 Å². The number of hydrogen-bond donors (Lipinski definition) is 2. The summed E-state index contributed by atoms with van der Waals surface area (Å²) in [5.41, 5.74) is 1.65. The molecule has 6 heteroatoms. The Bertz CT molecular complexity index is 601. The number of hydrogen-bond acceptors (Lipinski definition) is 3. The van der Waals surface area contributed by atoms with Gasteiger partial charge in [-0.05, 0) is 24.3 Å². The molecule has 0 bridgehead atoms. The van der Waals surface area contributed by atoms with E-state index in [-0.39, 0.29) is 11.8 Å². The number of nitrogens with zero attached hydrogens (tertiary/aromatic N) is 2. The van der Waals surface area contributed by atoms with Crippen LogP contribution in [0.1, 0.15) is 20.7 Å². The summed E-state index contributed by atoms with van der Waals surface area (Å²) in [6.45, 7) is 0. The summed E-state index contributed by atoms with van der Waals surface area (Å²) in [5.74, 6) is -0.397. The predicted molar refractivity (Wildman–Crippen MR) is 71.0 cm³/mol. The molecular weight excluding hydrogens is 244 g/mol. The minimum Gasteiger partial charge on any atom is -0.355 e. The summed E-state index contributed by atoms with van der Waals surface area (Å²) >= 11 is 0. The molecule has 0 saturated carbocycles. The van der Waals surface area contributed by atoms with Gasteiger partial charge >= 0.3 is 0 Å². The molecule has 6 nitrogen and oxygen atoms in total. The molecule has 2 rings (SSSR count). The van der Waals surface area contributed by atoms with Crippen LogP contribution < -0.4 is 10.6 Å². The van der Waals surface area contributed by atoms with Gasteiger partial charge < -0.3 is 10.6 Å². The van der Waals surface area contributed by atoms with Crippen LogP contribution in [-0.4, -0.2) is 28.6 Å². The lowest BCUT2D eigenvalue weighted by atomic mass is 10.2. The van der Waals surface area contributed by atoms with E-state index in [4.69, 9.17) is 0 Å². The molecule has 1 heterocycles. The van der Waals surface area contributed by atoms with E-state index in [1.54, 1.807) is 49.2 Å². The fourth-order valence-corrected chi connectivity index (χ4v) is 1.59. The fraction of sp³-hybridized carbons (Fsp3) is 0.154. The quantitative estimate of drug-likeness (QED) is 0.863. The molecule has 1 aromatic heterocycles. The summed E-state index contributed by atoms with van der Waals surface area (Å²) in [5, 5.41) is 9.20. The first-order valence-corrected chi connectivity index (χ1v) is 5.72. The van der Waals surface area contributed by atoms with Gasteiger partial charge in [-0.2, -0.15) is 5.10 Å². The number of benzene rings is 1. The second-order valence-electron chi connectivity index (χ2n) is 4.01. The monoisotopic (exact) mass is 258 g/mol. The lowest BCUT2D eigenvalue weighted by Crippen LogP contribution is -2.17. The first kappa shape index (κ1) is 12.8. The molecule has 2 N–H and O–H groups in total. The number of anilines is 1. The zero-order valence-corrected chi connectivity index (χ0v) is 10.7. The molecule has 1 aromatic carbocycles. The van der Waals surface area contributed by atoms with Crippen LogP contribution in [0, 0.1) is 0 Å². The van der Waals surface area contributed by atoms with Crippen molar-refractivity contribution in [2.75, 3.05) is 12.4 Å². The maximum absolute atomic E-state index is 11.9. The molecule has 98 valence electrons. The van der Waals surface area contributed by atoms with Gasteiger partial charge in [0.1, 0.15) is 0 Å². The van der Waals surface area contributed by atoms with Crippen molar-refractivity contribution < 1.29 is 9.59 Å². The first-order chi connectivity index (χ1) is 9.10. The third kappa shape index (κ3) is 2.98. The van der Waals surface area contributed by atoms with Crippen LogP contribution >= 0.6 is 0 Å². The van der Waals surface area contributed by atoms with Gasteiger partial charge in [0, 0.05) is 31.5 Å². The molecule has 0 radical (unpaired) electrons. The van der Waals surface area contributed by atoms with Crippen molar-refractivity contribution in [1.82, 2.24) is 15.1 Å². The van der Waals surface area contributed by atoms with Crippen molar-refractivity contribution in [2.45, 2.75) is 0 Å². The van der Waals surface area contributed by atoms with E-state index in [0.717, 1.165) is 0 Å². The number of carbonyl (C=O) groups excluding carboxylic acids is 2. The summed E-state index contributed by atoms with van der Waals surface area (Å²) in [4.78, 5) is 23.2. The van der Waals surface area contributed by atoms with E-state index >= 15 is 0 Å². The Morgan fingerprint density at radius 2 is 1.79 bits per heavy atom. The Hall–Kier alpha value is -2.63. The van der Waals surface area contributed by atoms with Crippen molar-refractivity contribution in [3.8, 4) is 0 Å². The van der Waals surface area contributed by atoms with Gasteiger partial charge in [0.05, 0.1) is 11.8 Å². The van der Waals surface area contributed by atoms with Gasteiger partial charge in [0.25, 0.3) is 11.8 Å². The Morgan fingerprint density at radius 3 is 2.32 bits per heavy atom. The summed E-state index contributed by atoms with van der Waals surface area (Å²) in [7, 11) is 3.31. The lowest BCUT2D eigenvalue weighted by molar-refractivity contribution is 0.0962. The van der Waals surface area contributed by atoms with E-state index in [0.29, 0.717) is 16.8 Å². The second-order valence-corrected chi connectivity index (χ2v) is 4.01. The van der Waals surface area contributed by atoms with Crippen molar-refractivity contribution in [1.29, 1.82) is 0 Å². The molecule has 0 spiro atoms. The normalized spacial score (nSPS) is 10.0. The predicted octanol–water partition coefficient (Wildman–Crippen LogP) is 1.03. The summed E-state index contributed by atoms with van der Waals surface area (Å²) in [6, 6.07) is 6.66. The zero-order chi connectivity index (χ0) is 13.8. The number of carbonyl (C=O) groups is 2. The number of aromatic nitrogens is 2. The van der Waals surface area contributed by atoms with E-state index in [2.05, 4.69) is 15.7 Å². The third-order valence-electron chi connectivity index (χ3n) is 2.60. The molecule has 0 fully saturated rings. The molecule has 0 unspecified atom stereocenters. The average Bonchev–Trinajstić information content (AvgIpc) is 2.85. The number of rotatable bonds is 3. The van der Waals surface area contributed by atoms with Gasteiger partial charge in [-0.1, -0.05) is 0 Å². The van der Waals surface area contributed by atoms with E-state index in [9.17, 15) is 9.59 Å². The highest BCUT2D eigenvalue weighted by molar-refractivity contribution is 6.04. The highest BCUT2D eigenvalue weighted by Crippen LogP contribution is 2.11. The van der Waals surface area contributed by atoms with Gasteiger partial charge in [-0.3, -0.25) is 14.3 Å². The van der Waals surface area contributed by atoms with Crippen molar-refractivity contribution in [3.63, 3.8) is 0 Å². The van der Waals surface area contributed by atoms with Crippen LogP contribution in [0.2, 0.25) is 0 Å². The smallest absolute Gasteiger partial charge is 0.258 e. The molecule has 0 aliphatic heterocycles. The lowest BCUT2D eigenvalue weighted by Gasteiger charge is -2.04. The Morgan fingerprint density at radius 1 is 1.11 bits per heavy atom. The van der Waals surface area contributed by atoms with Crippen LogP contribution in [0.25, 0.3) is 0 Å². The van der Waals surface area contributed by atoms with Crippen LogP contribution in [0.15, 0.2) is 36.7 Å². The Balaban J connectivity index is 2.07. The van der Waals surface area contributed by atoms with Gasteiger partial charge in [-0.25, -0.2) is 0 Å². The number of aryl methyl sites for hydroxylation is 1. The Kier molecular flexibility index (Phi) is 3.61. The van der Waals surface area contributed by atoms with Gasteiger partial charge in [0.15, 0.2) is 0 Å². The molecule has 19 heavy (non-hydrogen) atoms. The van der Waals surface area contributed by atoms with Crippen LogP contribution in [0.3, 0.4) is 0 Å². The SMILES string of the molecule is CNC(=O)c1ccc(NC(=O)c2cnn(C)c2)cc1. The highest BCUT2D eigenvalue weighted by Gasteiger charge is 2.08. The molecule has 2 aromatic rings. The van der Waals surface area contributed by atoms with Gasteiger partial charge in [-0.15, -0.1) is 0 Å². The number of nitrogens with one attached hydrogen (secondary N) is 2. The maximum Gasteiger partial charge on any atom is 0.258 e. The topological polar surface area (TPSA) is 76.0 Å². The zero-order valence-electron chi connectivity index (χ0n) is 10.7. The van der Waals surface area contributed by atoms with Crippen molar-refractivity contribution in [2.24, 2.45) is 7.05 Å². The molecule has 2 amide bonds. The van der Waals surface area contributed by atoms with Crippen LogP contribution in [-0.2, 0) is 7.05 Å². The summed E-state index contributed by atoms with van der Waals surface area (Å²) < 4.78 is 1.56. The van der Waals surface area contributed by atoms with Gasteiger partial charge in [0.2, 0.25) is 0 Å². The highest BCUT2D eigenvalue weighted by atomic mass is 16.2. The van der Waals surface area contributed by atoms with E-state index in [1.807, 2.05) is 0 Å². The van der Waals surface area contributed by atoms with Crippen LogP contribution in [0.4, 0.5) is 5.69 Å². The Labute approximate surface area is 110 Å². The average molecular weight is 258 g/mol. The molecule has 0 aliphatic rings. The maximum atomic E-state index is 11.9. The van der Waals surface area contributed by atoms with E-state index in [1.165, 1.54) is 6.20 Å². The molecule has 0 aliphatic carbocycles. The van der Waals surface area contributed by atoms with E-state index < -0.39 is 0 Å². The number of amides is 2. The van der Waals surface area contributed by atoms with Crippen molar-refractivity contribution in [3.05, 3.63) is 47.8 Å². The fourth-order valence-electron chi connectivity index (χ4n) is 1.59. The second kappa shape index (κ2) is 5.34. The standard InChI is InChI=1S/C13H14N4O2/c1-14-12(18)9-3-5-11(6-4-9)16-13(19)10-7-15-17(2)8-10/h3-8H,1-2H3,(H,14,18)(H,16,19). The minimum atomic E-state index is -0.235. The minimum absolute atomic E-state index is 0.162. The largest absolute Gasteiger partial charge is 0.355 e. The first-order valence-electron chi connectivity index (χ1n) is 5.72. The summed E-state index contributed by atoms with van der Waals surface area (Å²) in [6.07, 6.45) is 3.13. The third-order valence-corrected chi connectivity index (χ3v) is 2.60. The van der Waals surface area contributed by atoms with Crippen molar-refractivity contribution >= 4 is 17.5 Å². The molecule has 0 atom stereocenters. The molecule has 0 saturated heterocycles. The molecular formula is C13H14N4O2.